The predicted octanol–water partition coefficient (Wildman–Crippen LogP) is 5.64. The van der Waals surface area contributed by atoms with Crippen LogP contribution in [0.15, 0.2) is 60.8 Å². The van der Waals surface area contributed by atoms with Gasteiger partial charge in [0.25, 0.3) is 0 Å². The number of fused-ring (bicyclic) bond motifs is 1. The Bertz CT molecular complexity index is 959. The highest BCUT2D eigenvalue weighted by Gasteiger charge is 2.23. The smallest absolute Gasteiger partial charge is 0.162 e. The Morgan fingerprint density at radius 1 is 1.14 bits per heavy atom. The van der Waals surface area contributed by atoms with Gasteiger partial charge in [0.15, 0.2) is 11.5 Å². The topological polar surface area (TPSA) is 43.4 Å². The summed E-state index contributed by atoms with van der Waals surface area (Å²) in [7, 11) is 1.68. The van der Waals surface area contributed by atoms with Crippen LogP contribution in [0.25, 0.3) is 0 Å². The van der Waals surface area contributed by atoms with Crippen LogP contribution in [0.5, 0.6) is 11.5 Å². The second-order valence-electron chi connectivity index (χ2n) is 7.02. The molecule has 4 rings (SSSR count). The first-order valence-electron chi connectivity index (χ1n) is 9.42. The number of aromatic nitrogens is 1. The van der Waals surface area contributed by atoms with E-state index < -0.39 is 0 Å². The molecule has 2 unspecified atom stereocenters. The van der Waals surface area contributed by atoms with Gasteiger partial charge >= 0.3 is 0 Å². The predicted molar refractivity (Wildman–Crippen MR) is 113 cm³/mol. The van der Waals surface area contributed by atoms with Crippen LogP contribution in [0.1, 0.15) is 35.6 Å². The second kappa shape index (κ2) is 8.11. The van der Waals surface area contributed by atoms with Crippen LogP contribution in [0.3, 0.4) is 0 Å². The number of halogens is 1. The van der Waals surface area contributed by atoms with Gasteiger partial charge in [-0.1, -0.05) is 35.9 Å². The summed E-state index contributed by atoms with van der Waals surface area (Å²) >= 11 is 5.97. The Morgan fingerprint density at radius 3 is 2.75 bits per heavy atom. The molecule has 0 aliphatic carbocycles. The lowest BCUT2D eigenvalue weighted by atomic mass is 9.94. The van der Waals surface area contributed by atoms with Crippen LogP contribution in [0.2, 0.25) is 5.02 Å². The summed E-state index contributed by atoms with van der Waals surface area (Å²) in [5, 5.41) is 4.10. The number of nitrogens with zero attached hydrogens (tertiary/aromatic N) is 1. The molecule has 2 atom stereocenters. The zero-order valence-corrected chi connectivity index (χ0v) is 16.7. The Labute approximate surface area is 170 Å². The first-order valence-corrected chi connectivity index (χ1v) is 9.79. The van der Waals surface area contributed by atoms with Gasteiger partial charge in [0.2, 0.25) is 0 Å². The molecule has 2 heterocycles. The van der Waals surface area contributed by atoms with E-state index in [1.807, 2.05) is 49.5 Å². The molecule has 0 saturated carbocycles. The number of benzene rings is 2. The number of ether oxygens (including phenoxy) is 2. The summed E-state index contributed by atoms with van der Waals surface area (Å²) in [5.41, 5.74) is 3.56. The summed E-state index contributed by atoms with van der Waals surface area (Å²) < 4.78 is 11.8. The van der Waals surface area contributed by atoms with Crippen LogP contribution in [-0.4, -0.2) is 18.6 Å². The Balaban J connectivity index is 1.49. The van der Waals surface area contributed by atoms with Crippen LogP contribution >= 0.6 is 11.6 Å². The zero-order chi connectivity index (χ0) is 19.5. The van der Waals surface area contributed by atoms with E-state index in [1.165, 1.54) is 11.1 Å². The van der Waals surface area contributed by atoms with Gasteiger partial charge in [0, 0.05) is 23.7 Å². The molecule has 1 aliphatic heterocycles. The van der Waals surface area contributed by atoms with Crippen LogP contribution in [0.4, 0.5) is 5.82 Å². The van der Waals surface area contributed by atoms with E-state index in [4.69, 9.17) is 21.1 Å². The van der Waals surface area contributed by atoms with E-state index >= 15 is 0 Å². The maximum absolute atomic E-state index is 6.15. The maximum Gasteiger partial charge on any atom is 0.162 e. The lowest BCUT2D eigenvalue weighted by molar-refractivity contribution is 0.216. The third-order valence-electron chi connectivity index (χ3n) is 5.15. The number of anilines is 1. The standard InChI is InChI=1S/C23H23ClN2O2/c1-15(17-6-8-19(24)9-7-17)28-21-10-5-16(13-22(21)27-2)12-18-14-26-23-20(18)4-3-11-25-23/h3-11,13,15,18H,12,14H2,1-2H3,(H,25,26). The van der Waals surface area contributed by atoms with Crippen molar-refractivity contribution in [3.05, 3.63) is 82.5 Å². The molecule has 0 spiro atoms. The van der Waals surface area contributed by atoms with Gasteiger partial charge in [-0.25, -0.2) is 4.98 Å². The van der Waals surface area contributed by atoms with Crippen LogP contribution < -0.4 is 14.8 Å². The molecule has 1 N–H and O–H groups in total. The summed E-state index contributed by atoms with van der Waals surface area (Å²) in [6.07, 6.45) is 2.65. The number of nitrogens with one attached hydrogen (secondary N) is 1. The molecule has 3 aromatic rings. The molecular weight excluding hydrogens is 372 g/mol. The number of methoxy groups -OCH3 is 1. The van der Waals surface area contributed by atoms with E-state index in [0.29, 0.717) is 5.92 Å². The highest BCUT2D eigenvalue weighted by Crippen LogP contribution is 2.36. The van der Waals surface area contributed by atoms with Gasteiger partial charge in [0.05, 0.1) is 7.11 Å². The van der Waals surface area contributed by atoms with Crippen molar-refractivity contribution in [2.24, 2.45) is 0 Å². The molecule has 5 heteroatoms. The van der Waals surface area contributed by atoms with Gasteiger partial charge in [0.1, 0.15) is 11.9 Å². The quantitative estimate of drug-likeness (QED) is 0.588. The summed E-state index contributed by atoms with van der Waals surface area (Å²) in [6, 6.07) is 18.0. The average Bonchev–Trinajstić information content (AvgIpc) is 3.12. The molecule has 0 fully saturated rings. The number of hydrogen-bond acceptors (Lipinski definition) is 4. The van der Waals surface area contributed by atoms with Gasteiger partial charge < -0.3 is 14.8 Å². The summed E-state index contributed by atoms with van der Waals surface area (Å²) in [5.74, 6) is 2.89. The van der Waals surface area contributed by atoms with Crippen molar-refractivity contribution in [1.82, 2.24) is 4.98 Å². The normalized spacial score (nSPS) is 16.2. The molecule has 2 aromatic carbocycles. The average molecular weight is 395 g/mol. The van der Waals surface area contributed by atoms with Crippen LogP contribution in [0, 0.1) is 0 Å². The van der Waals surface area contributed by atoms with Gasteiger partial charge in [-0.15, -0.1) is 0 Å². The van der Waals surface area contributed by atoms with E-state index in [1.54, 1.807) is 7.11 Å². The van der Waals surface area contributed by atoms with Gasteiger partial charge in [-0.3, -0.25) is 0 Å². The number of rotatable bonds is 6. The molecule has 0 radical (unpaired) electrons. The summed E-state index contributed by atoms with van der Waals surface area (Å²) in [4.78, 5) is 4.40. The fourth-order valence-corrected chi connectivity index (χ4v) is 3.75. The number of hydrogen-bond donors (Lipinski definition) is 1. The van der Waals surface area contributed by atoms with Crippen molar-refractivity contribution in [2.75, 3.05) is 19.0 Å². The molecular formula is C23H23ClN2O2. The number of pyridine rings is 1. The van der Waals surface area contributed by atoms with Crippen molar-refractivity contribution in [3.63, 3.8) is 0 Å². The molecule has 0 bridgehead atoms. The minimum absolute atomic E-state index is 0.103. The monoisotopic (exact) mass is 394 g/mol. The van der Waals surface area contributed by atoms with Crippen molar-refractivity contribution in [3.8, 4) is 11.5 Å². The van der Waals surface area contributed by atoms with Crippen molar-refractivity contribution >= 4 is 17.4 Å². The van der Waals surface area contributed by atoms with Gasteiger partial charge in [-0.2, -0.15) is 0 Å². The molecule has 1 aromatic heterocycles. The van der Waals surface area contributed by atoms with Gasteiger partial charge in [-0.05, 0) is 60.4 Å². The summed E-state index contributed by atoms with van der Waals surface area (Å²) in [6.45, 7) is 2.92. The third kappa shape index (κ3) is 3.92. The molecule has 0 amide bonds. The lowest BCUT2D eigenvalue weighted by Gasteiger charge is -2.18. The zero-order valence-electron chi connectivity index (χ0n) is 16.0. The minimum atomic E-state index is -0.103. The third-order valence-corrected chi connectivity index (χ3v) is 5.40. The minimum Gasteiger partial charge on any atom is -0.493 e. The van der Waals surface area contributed by atoms with E-state index in [9.17, 15) is 0 Å². The fraction of sp³-hybridized carbons (Fsp3) is 0.261. The maximum atomic E-state index is 6.15. The highest BCUT2D eigenvalue weighted by molar-refractivity contribution is 6.30. The van der Waals surface area contributed by atoms with Crippen LogP contribution in [-0.2, 0) is 6.42 Å². The molecule has 4 nitrogen and oxygen atoms in total. The first-order chi connectivity index (χ1) is 13.6. The molecule has 1 aliphatic rings. The lowest BCUT2D eigenvalue weighted by Crippen LogP contribution is -2.07. The molecule has 0 saturated heterocycles. The Hall–Kier alpha value is -2.72. The first kappa shape index (κ1) is 18.6. The largest absolute Gasteiger partial charge is 0.493 e. The van der Waals surface area contributed by atoms with Crippen molar-refractivity contribution in [1.29, 1.82) is 0 Å². The highest BCUT2D eigenvalue weighted by atomic mass is 35.5. The van der Waals surface area contributed by atoms with E-state index in [0.717, 1.165) is 40.9 Å². The second-order valence-corrected chi connectivity index (χ2v) is 7.46. The van der Waals surface area contributed by atoms with E-state index in [-0.39, 0.29) is 6.10 Å². The van der Waals surface area contributed by atoms with Crippen molar-refractivity contribution in [2.45, 2.75) is 25.4 Å². The van der Waals surface area contributed by atoms with E-state index in [2.05, 4.69) is 28.5 Å². The molecule has 144 valence electrons. The Kier molecular flexibility index (Phi) is 5.40. The SMILES string of the molecule is COc1cc(CC2CNc3ncccc32)ccc1OC(C)c1ccc(Cl)cc1. The van der Waals surface area contributed by atoms with Crippen molar-refractivity contribution < 1.29 is 9.47 Å². The Morgan fingerprint density at radius 2 is 1.96 bits per heavy atom. The molecule has 28 heavy (non-hydrogen) atoms. The fourth-order valence-electron chi connectivity index (χ4n) is 3.62.